The molecule has 1 amide bonds. The Balaban J connectivity index is 1.26. The Morgan fingerprint density at radius 1 is 1.10 bits per heavy atom. The molecular formula is C23H30N4O2. The lowest BCUT2D eigenvalue weighted by atomic mass is 9.79. The predicted octanol–water partition coefficient (Wildman–Crippen LogP) is 2.30. The van der Waals surface area contributed by atoms with Gasteiger partial charge >= 0.3 is 0 Å². The molecule has 0 radical (unpaired) electrons. The topological polar surface area (TPSA) is 50.6 Å². The van der Waals surface area contributed by atoms with Crippen molar-refractivity contribution in [3.8, 4) is 0 Å². The van der Waals surface area contributed by atoms with Crippen molar-refractivity contribution in [1.82, 2.24) is 19.6 Å². The van der Waals surface area contributed by atoms with Gasteiger partial charge in [-0.2, -0.15) is 5.10 Å². The van der Waals surface area contributed by atoms with Gasteiger partial charge in [-0.05, 0) is 42.9 Å². The molecule has 154 valence electrons. The molecule has 0 aliphatic carbocycles. The summed E-state index contributed by atoms with van der Waals surface area (Å²) >= 11 is 0. The number of hydrogen-bond acceptors (Lipinski definition) is 4. The first-order valence-corrected chi connectivity index (χ1v) is 10.9. The van der Waals surface area contributed by atoms with Gasteiger partial charge in [0.2, 0.25) is 5.91 Å². The van der Waals surface area contributed by atoms with Crippen molar-refractivity contribution in [2.24, 2.45) is 5.92 Å². The summed E-state index contributed by atoms with van der Waals surface area (Å²) in [6.07, 6.45) is 7.87. The summed E-state index contributed by atoms with van der Waals surface area (Å²) in [6, 6.07) is 10.7. The summed E-state index contributed by atoms with van der Waals surface area (Å²) in [6.45, 7) is 6.02. The summed E-state index contributed by atoms with van der Waals surface area (Å²) in [5.74, 6) is 0.245. The number of likely N-dealkylation sites (tertiary alicyclic amines) is 2. The van der Waals surface area contributed by atoms with E-state index in [2.05, 4.69) is 34.3 Å². The first-order valence-electron chi connectivity index (χ1n) is 10.9. The molecule has 3 aliphatic rings. The predicted molar refractivity (Wildman–Crippen MR) is 110 cm³/mol. The van der Waals surface area contributed by atoms with E-state index < -0.39 is 0 Å². The molecule has 2 aromatic rings. The number of benzene rings is 1. The molecule has 0 bridgehead atoms. The molecule has 4 heterocycles. The third kappa shape index (κ3) is 3.71. The maximum Gasteiger partial charge on any atom is 0.228 e. The minimum atomic E-state index is -0.135. The fourth-order valence-electron chi connectivity index (χ4n) is 5.08. The first kappa shape index (κ1) is 18.8. The molecule has 1 aromatic heterocycles. The normalized spacial score (nSPS) is 22.1. The Morgan fingerprint density at radius 3 is 2.66 bits per heavy atom. The van der Waals surface area contributed by atoms with Gasteiger partial charge in [0.25, 0.3) is 0 Å². The van der Waals surface area contributed by atoms with Gasteiger partial charge in [0.05, 0.1) is 24.7 Å². The number of amides is 1. The van der Waals surface area contributed by atoms with E-state index in [9.17, 15) is 4.79 Å². The van der Waals surface area contributed by atoms with Gasteiger partial charge in [0, 0.05) is 45.1 Å². The fraction of sp³-hybridized carbons (Fsp3) is 0.565. The third-order valence-electron chi connectivity index (χ3n) is 6.88. The largest absolute Gasteiger partial charge is 0.370 e. The molecule has 5 rings (SSSR count). The second kappa shape index (κ2) is 7.92. The number of carbonyl (C=O) groups is 1. The van der Waals surface area contributed by atoms with Crippen LogP contribution in [0.1, 0.15) is 30.4 Å². The Morgan fingerprint density at radius 2 is 1.93 bits per heavy atom. The number of rotatable bonds is 5. The highest BCUT2D eigenvalue weighted by Crippen LogP contribution is 2.41. The first-order chi connectivity index (χ1) is 14.2. The molecule has 29 heavy (non-hydrogen) atoms. The number of fused-ring (bicyclic) bond motifs is 2. The number of carbonyl (C=O) groups excluding carboxylic acids is 1. The second-order valence-electron chi connectivity index (χ2n) is 8.65. The van der Waals surface area contributed by atoms with Gasteiger partial charge in [-0.25, -0.2) is 0 Å². The van der Waals surface area contributed by atoms with Crippen molar-refractivity contribution >= 4 is 5.91 Å². The standard InChI is InChI=1S/C23H30N4O2/c28-22(26-11-4-12-26)20(18-27-13-3-10-24-27)17-25-14-8-23(9-15-25)21-6-2-1-5-19(21)7-16-29-23/h1-3,5-6,10,13,20H,4,7-9,11-12,14-18H2/t20-/m1/s1. The highest BCUT2D eigenvalue weighted by molar-refractivity contribution is 5.79. The maximum absolute atomic E-state index is 13.0. The Labute approximate surface area is 172 Å². The summed E-state index contributed by atoms with van der Waals surface area (Å²) in [5.41, 5.74) is 2.69. The third-order valence-corrected chi connectivity index (χ3v) is 6.88. The van der Waals surface area contributed by atoms with E-state index in [4.69, 9.17) is 4.74 Å². The molecule has 1 atom stereocenters. The van der Waals surface area contributed by atoms with Crippen LogP contribution in [0.15, 0.2) is 42.7 Å². The fourth-order valence-corrected chi connectivity index (χ4v) is 5.08. The SMILES string of the molecule is O=C([C@H](CN1CCC2(CC1)OCCc1ccccc12)Cn1cccn1)N1CCC1. The van der Waals surface area contributed by atoms with Crippen LogP contribution in [0.25, 0.3) is 0 Å². The number of piperidine rings is 1. The number of aromatic nitrogens is 2. The molecule has 1 spiro atoms. The van der Waals surface area contributed by atoms with E-state index in [1.807, 2.05) is 21.8 Å². The number of ether oxygens (including phenoxy) is 1. The van der Waals surface area contributed by atoms with Crippen LogP contribution in [0, 0.1) is 5.92 Å². The van der Waals surface area contributed by atoms with Gasteiger partial charge in [0.15, 0.2) is 0 Å². The Hall–Kier alpha value is -2.18. The van der Waals surface area contributed by atoms with Crippen LogP contribution < -0.4 is 0 Å². The van der Waals surface area contributed by atoms with Crippen LogP contribution in [0.2, 0.25) is 0 Å². The molecule has 1 aromatic carbocycles. The molecule has 0 saturated carbocycles. The van der Waals surface area contributed by atoms with E-state index >= 15 is 0 Å². The zero-order valence-electron chi connectivity index (χ0n) is 17.0. The molecule has 2 saturated heterocycles. The van der Waals surface area contributed by atoms with E-state index in [1.54, 1.807) is 6.20 Å². The van der Waals surface area contributed by atoms with Crippen molar-refractivity contribution in [2.45, 2.75) is 37.8 Å². The zero-order valence-corrected chi connectivity index (χ0v) is 17.0. The van der Waals surface area contributed by atoms with Crippen molar-refractivity contribution in [2.75, 3.05) is 39.3 Å². The van der Waals surface area contributed by atoms with Gasteiger partial charge in [-0.3, -0.25) is 9.48 Å². The average Bonchev–Trinajstić information content (AvgIpc) is 3.21. The Bertz CT molecular complexity index is 838. The smallest absolute Gasteiger partial charge is 0.228 e. The lowest BCUT2D eigenvalue weighted by Crippen LogP contribution is -2.52. The van der Waals surface area contributed by atoms with Crippen molar-refractivity contribution < 1.29 is 9.53 Å². The highest BCUT2D eigenvalue weighted by Gasteiger charge is 2.41. The average molecular weight is 395 g/mol. The van der Waals surface area contributed by atoms with Crippen LogP contribution in [-0.4, -0.2) is 64.8 Å². The van der Waals surface area contributed by atoms with Gasteiger partial charge in [-0.1, -0.05) is 24.3 Å². The molecule has 6 nitrogen and oxygen atoms in total. The molecule has 3 aliphatic heterocycles. The van der Waals surface area contributed by atoms with Crippen LogP contribution in [0.3, 0.4) is 0 Å². The highest BCUT2D eigenvalue weighted by atomic mass is 16.5. The summed E-state index contributed by atoms with van der Waals surface area (Å²) in [4.78, 5) is 17.5. The number of nitrogens with zero attached hydrogens (tertiary/aromatic N) is 4. The molecule has 0 N–H and O–H groups in total. The lowest BCUT2D eigenvalue weighted by Gasteiger charge is -2.46. The lowest BCUT2D eigenvalue weighted by molar-refractivity contribution is -0.141. The second-order valence-corrected chi connectivity index (χ2v) is 8.65. The van der Waals surface area contributed by atoms with E-state index in [1.165, 1.54) is 11.1 Å². The van der Waals surface area contributed by atoms with E-state index in [0.717, 1.165) is 65.0 Å². The minimum Gasteiger partial charge on any atom is -0.370 e. The zero-order chi connectivity index (χ0) is 19.7. The number of hydrogen-bond donors (Lipinski definition) is 0. The minimum absolute atomic E-state index is 0.0381. The van der Waals surface area contributed by atoms with Crippen molar-refractivity contribution in [1.29, 1.82) is 0 Å². The van der Waals surface area contributed by atoms with Crippen molar-refractivity contribution in [3.63, 3.8) is 0 Å². The molecule has 0 unspecified atom stereocenters. The molecule has 2 fully saturated rings. The molecule has 6 heteroatoms. The van der Waals surface area contributed by atoms with Gasteiger partial charge in [0.1, 0.15) is 0 Å². The van der Waals surface area contributed by atoms with Gasteiger partial charge < -0.3 is 14.5 Å². The van der Waals surface area contributed by atoms with Gasteiger partial charge in [-0.15, -0.1) is 0 Å². The monoisotopic (exact) mass is 394 g/mol. The summed E-state index contributed by atoms with van der Waals surface area (Å²) < 4.78 is 8.26. The summed E-state index contributed by atoms with van der Waals surface area (Å²) in [5, 5.41) is 4.34. The van der Waals surface area contributed by atoms with Crippen LogP contribution >= 0.6 is 0 Å². The van der Waals surface area contributed by atoms with Crippen LogP contribution in [0.4, 0.5) is 0 Å². The summed E-state index contributed by atoms with van der Waals surface area (Å²) in [7, 11) is 0. The Kier molecular flexibility index (Phi) is 5.14. The maximum atomic E-state index is 13.0. The van der Waals surface area contributed by atoms with E-state index in [-0.39, 0.29) is 17.4 Å². The van der Waals surface area contributed by atoms with Crippen LogP contribution in [-0.2, 0) is 28.1 Å². The quantitative estimate of drug-likeness (QED) is 0.781. The van der Waals surface area contributed by atoms with E-state index in [0.29, 0.717) is 6.54 Å². The molecular weight excluding hydrogens is 364 g/mol. The van der Waals surface area contributed by atoms with Crippen molar-refractivity contribution in [3.05, 3.63) is 53.9 Å². The van der Waals surface area contributed by atoms with Crippen LogP contribution in [0.5, 0.6) is 0 Å².